The quantitative estimate of drug-likeness (QED) is 0.588. The largest absolute Gasteiger partial charge is 0.478 e. The molecule has 0 amide bonds. The standard InChI is InChI=1S/C18H12ClF3O2/c19-15-10-6-13(7-11-15)16(2-1-3-17(23)24)12-4-8-14(9-5-12)18(20,21)22/h1-11H,(H,23,24). The van der Waals surface area contributed by atoms with Gasteiger partial charge in [0, 0.05) is 11.1 Å². The molecule has 0 aliphatic rings. The zero-order valence-electron chi connectivity index (χ0n) is 12.2. The highest BCUT2D eigenvalue weighted by Crippen LogP contribution is 2.31. The molecule has 0 saturated heterocycles. The Balaban J connectivity index is 2.46. The average molecular weight is 353 g/mol. The van der Waals surface area contributed by atoms with Gasteiger partial charge in [-0.3, -0.25) is 0 Å². The van der Waals surface area contributed by atoms with E-state index in [1.807, 2.05) is 0 Å². The van der Waals surface area contributed by atoms with Gasteiger partial charge in [-0.2, -0.15) is 13.2 Å². The summed E-state index contributed by atoms with van der Waals surface area (Å²) in [6, 6.07) is 11.4. The van der Waals surface area contributed by atoms with Crippen LogP contribution in [0.15, 0.2) is 66.8 Å². The van der Waals surface area contributed by atoms with Crippen LogP contribution in [0.4, 0.5) is 13.2 Å². The molecule has 0 fully saturated rings. The van der Waals surface area contributed by atoms with Gasteiger partial charge in [0.2, 0.25) is 0 Å². The molecule has 0 heterocycles. The molecule has 2 aromatic carbocycles. The summed E-state index contributed by atoms with van der Waals surface area (Å²) >= 11 is 5.84. The Hall–Kier alpha value is -2.53. The SMILES string of the molecule is O=C(O)C=CC=C(c1ccc(Cl)cc1)c1ccc(C(F)(F)F)cc1. The second-order valence-corrected chi connectivity index (χ2v) is 5.30. The van der Waals surface area contributed by atoms with Gasteiger partial charge in [-0.05, 0) is 41.0 Å². The van der Waals surface area contributed by atoms with Crippen LogP contribution in [0.1, 0.15) is 16.7 Å². The Morgan fingerprint density at radius 1 is 0.958 bits per heavy atom. The van der Waals surface area contributed by atoms with Gasteiger partial charge >= 0.3 is 12.1 Å². The summed E-state index contributed by atoms with van der Waals surface area (Å²) in [5.74, 6) is -1.12. The minimum Gasteiger partial charge on any atom is -0.478 e. The molecule has 0 aromatic heterocycles. The first-order chi connectivity index (χ1) is 11.3. The first-order valence-electron chi connectivity index (χ1n) is 6.82. The number of hydrogen-bond donors (Lipinski definition) is 1. The lowest BCUT2D eigenvalue weighted by Gasteiger charge is -2.11. The maximum Gasteiger partial charge on any atom is 0.416 e. The predicted octanol–water partition coefficient (Wildman–Crippen LogP) is 5.43. The van der Waals surface area contributed by atoms with Gasteiger partial charge in [0.05, 0.1) is 5.56 Å². The summed E-state index contributed by atoms with van der Waals surface area (Å²) in [5, 5.41) is 9.19. The van der Waals surface area contributed by atoms with Gasteiger partial charge in [-0.15, -0.1) is 0 Å². The maximum absolute atomic E-state index is 12.7. The molecule has 0 unspecified atom stereocenters. The number of carbonyl (C=O) groups is 1. The molecule has 0 aliphatic heterocycles. The molecule has 2 aromatic rings. The van der Waals surface area contributed by atoms with Crippen LogP contribution in [-0.2, 0) is 11.0 Å². The molecule has 0 atom stereocenters. The monoisotopic (exact) mass is 352 g/mol. The smallest absolute Gasteiger partial charge is 0.416 e. The van der Waals surface area contributed by atoms with Crippen molar-refractivity contribution >= 4 is 23.1 Å². The minimum absolute atomic E-state index is 0.520. The fraction of sp³-hybridized carbons (Fsp3) is 0.0556. The number of alkyl halides is 3. The fourth-order valence-electron chi connectivity index (χ4n) is 2.05. The van der Waals surface area contributed by atoms with E-state index < -0.39 is 17.7 Å². The fourth-order valence-corrected chi connectivity index (χ4v) is 2.18. The molecule has 124 valence electrons. The molecule has 0 bridgehead atoms. The van der Waals surface area contributed by atoms with Crippen molar-refractivity contribution in [3.05, 3.63) is 88.5 Å². The van der Waals surface area contributed by atoms with Gasteiger partial charge in [0.25, 0.3) is 0 Å². The van der Waals surface area contributed by atoms with Crippen molar-refractivity contribution in [2.24, 2.45) is 0 Å². The maximum atomic E-state index is 12.7. The second-order valence-electron chi connectivity index (χ2n) is 4.86. The number of halogens is 4. The van der Waals surface area contributed by atoms with Crippen molar-refractivity contribution in [1.82, 2.24) is 0 Å². The van der Waals surface area contributed by atoms with Crippen molar-refractivity contribution in [2.45, 2.75) is 6.18 Å². The third-order valence-electron chi connectivity index (χ3n) is 3.18. The van der Waals surface area contributed by atoms with Crippen LogP contribution in [-0.4, -0.2) is 11.1 Å². The molecule has 24 heavy (non-hydrogen) atoms. The Morgan fingerprint density at radius 2 is 1.46 bits per heavy atom. The van der Waals surface area contributed by atoms with Crippen LogP contribution < -0.4 is 0 Å². The lowest BCUT2D eigenvalue weighted by atomic mass is 9.96. The molecule has 2 nitrogen and oxygen atoms in total. The van der Waals surface area contributed by atoms with Gasteiger partial charge in [-0.25, -0.2) is 4.79 Å². The zero-order valence-corrected chi connectivity index (χ0v) is 13.0. The Labute approximate surface area is 141 Å². The summed E-state index contributed by atoms with van der Waals surface area (Å²) in [6.45, 7) is 0. The highest BCUT2D eigenvalue weighted by Gasteiger charge is 2.30. The highest BCUT2D eigenvalue weighted by atomic mass is 35.5. The van der Waals surface area contributed by atoms with Crippen molar-refractivity contribution in [3.63, 3.8) is 0 Å². The molecule has 6 heteroatoms. The van der Waals surface area contributed by atoms with Crippen LogP contribution in [0, 0.1) is 0 Å². The van der Waals surface area contributed by atoms with Crippen molar-refractivity contribution in [2.75, 3.05) is 0 Å². The second kappa shape index (κ2) is 7.36. The summed E-state index contributed by atoms with van der Waals surface area (Å²) in [6.07, 6.45) is -0.615. The lowest BCUT2D eigenvalue weighted by molar-refractivity contribution is -0.137. The number of allylic oxidation sites excluding steroid dienone is 2. The normalized spacial score (nSPS) is 12.6. The molecule has 0 saturated carbocycles. The van der Waals surface area contributed by atoms with Gasteiger partial charge in [-0.1, -0.05) is 48.0 Å². The van der Waals surface area contributed by atoms with E-state index in [1.165, 1.54) is 24.3 Å². The Morgan fingerprint density at radius 3 is 1.92 bits per heavy atom. The minimum atomic E-state index is -4.41. The Kier molecular flexibility index (Phi) is 5.46. The van der Waals surface area contributed by atoms with E-state index in [-0.39, 0.29) is 0 Å². The molecular weight excluding hydrogens is 341 g/mol. The zero-order chi connectivity index (χ0) is 17.7. The van der Waals surface area contributed by atoms with E-state index in [4.69, 9.17) is 16.7 Å². The molecular formula is C18H12ClF3O2. The molecule has 0 radical (unpaired) electrons. The summed E-state index contributed by atoms with van der Waals surface area (Å²) in [5.41, 5.74) is 1.07. The predicted molar refractivity (Wildman–Crippen MR) is 86.8 cm³/mol. The lowest BCUT2D eigenvalue weighted by Crippen LogP contribution is -2.04. The molecule has 0 spiro atoms. The first-order valence-corrected chi connectivity index (χ1v) is 7.20. The van der Waals surface area contributed by atoms with E-state index in [9.17, 15) is 18.0 Å². The highest BCUT2D eigenvalue weighted by molar-refractivity contribution is 6.30. The van der Waals surface area contributed by atoms with Crippen LogP contribution in [0.2, 0.25) is 5.02 Å². The van der Waals surface area contributed by atoms with Crippen molar-refractivity contribution in [1.29, 1.82) is 0 Å². The summed E-state index contributed by atoms with van der Waals surface area (Å²) < 4.78 is 38.0. The van der Waals surface area contributed by atoms with E-state index in [2.05, 4.69) is 0 Å². The third-order valence-corrected chi connectivity index (χ3v) is 3.43. The van der Waals surface area contributed by atoms with E-state index in [0.717, 1.165) is 18.2 Å². The molecule has 0 aliphatic carbocycles. The molecule has 1 N–H and O–H groups in total. The number of rotatable bonds is 4. The number of aliphatic carboxylic acids is 1. The van der Waals surface area contributed by atoms with E-state index in [0.29, 0.717) is 21.7 Å². The first kappa shape index (κ1) is 17.8. The topological polar surface area (TPSA) is 37.3 Å². The van der Waals surface area contributed by atoms with Crippen LogP contribution in [0.25, 0.3) is 5.57 Å². The van der Waals surface area contributed by atoms with Gasteiger partial charge in [0.15, 0.2) is 0 Å². The number of benzene rings is 2. The van der Waals surface area contributed by atoms with Crippen molar-refractivity contribution < 1.29 is 23.1 Å². The number of hydrogen-bond acceptors (Lipinski definition) is 1. The van der Waals surface area contributed by atoms with Crippen LogP contribution in [0.5, 0.6) is 0 Å². The van der Waals surface area contributed by atoms with Gasteiger partial charge < -0.3 is 5.11 Å². The van der Waals surface area contributed by atoms with E-state index in [1.54, 1.807) is 24.3 Å². The van der Waals surface area contributed by atoms with Gasteiger partial charge in [0.1, 0.15) is 0 Å². The molecule has 2 rings (SSSR count). The van der Waals surface area contributed by atoms with E-state index >= 15 is 0 Å². The summed E-state index contributed by atoms with van der Waals surface area (Å²) in [4.78, 5) is 10.6. The summed E-state index contributed by atoms with van der Waals surface area (Å²) in [7, 11) is 0. The van der Waals surface area contributed by atoms with Crippen molar-refractivity contribution in [3.8, 4) is 0 Å². The Bertz CT molecular complexity index is 773. The number of carboxylic acids is 1. The third kappa shape index (κ3) is 4.73. The average Bonchev–Trinajstić information content (AvgIpc) is 2.52. The van der Waals surface area contributed by atoms with Crippen LogP contribution in [0.3, 0.4) is 0 Å². The van der Waals surface area contributed by atoms with Crippen LogP contribution >= 0.6 is 11.6 Å². The number of carboxylic acid groups (broad SMARTS) is 1.